The number of nitrogens with two attached hydrogens (primary N) is 1. The van der Waals surface area contributed by atoms with Crippen molar-refractivity contribution in [2.45, 2.75) is 44.2 Å². The number of primary amides is 1. The van der Waals surface area contributed by atoms with Crippen molar-refractivity contribution in [1.29, 1.82) is 0 Å². The van der Waals surface area contributed by atoms with E-state index in [-0.39, 0.29) is 41.2 Å². The van der Waals surface area contributed by atoms with Gasteiger partial charge >= 0.3 is 12.4 Å². The van der Waals surface area contributed by atoms with Gasteiger partial charge in [-0.15, -0.1) is 18.3 Å². The highest BCUT2D eigenvalue weighted by molar-refractivity contribution is 5.94. The van der Waals surface area contributed by atoms with Crippen molar-refractivity contribution < 1.29 is 31.9 Å². The fraction of sp³-hybridized carbons (Fsp3) is 0.333. The third-order valence-electron chi connectivity index (χ3n) is 5.08. The number of alkyl halides is 3. The first-order chi connectivity index (χ1) is 15.8. The number of pyridine rings is 1. The van der Waals surface area contributed by atoms with Gasteiger partial charge in [-0.1, -0.05) is 5.10 Å². The summed E-state index contributed by atoms with van der Waals surface area (Å²) in [6.07, 6.45) is -0.377. The number of halogens is 3. The van der Waals surface area contributed by atoms with E-state index in [1.807, 2.05) is 0 Å². The maximum atomic E-state index is 12.3. The molecule has 1 aliphatic rings. The van der Waals surface area contributed by atoms with Gasteiger partial charge in [-0.3, -0.25) is 4.79 Å². The van der Waals surface area contributed by atoms with Crippen LogP contribution in [0.2, 0.25) is 0 Å². The summed E-state index contributed by atoms with van der Waals surface area (Å²) < 4.78 is 52.1. The Hall–Kier alpha value is -3.83. The highest BCUT2D eigenvalue weighted by Crippen LogP contribution is 2.29. The molecule has 0 aliphatic heterocycles. The number of hydrogen-bond donors (Lipinski definition) is 2. The number of nitrogens with one attached hydrogen (secondary N) is 1. The molecule has 2 aromatic heterocycles. The van der Waals surface area contributed by atoms with E-state index in [1.54, 1.807) is 18.3 Å². The zero-order valence-corrected chi connectivity index (χ0v) is 17.2. The van der Waals surface area contributed by atoms with E-state index in [4.69, 9.17) is 14.9 Å². The Bertz CT molecular complexity index is 1100. The van der Waals surface area contributed by atoms with Gasteiger partial charge in [-0.2, -0.15) is 0 Å². The maximum absolute atomic E-state index is 12.3. The molecule has 0 atom stereocenters. The molecule has 1 saturated carbocycles. The van der Waals surface area contributed by atoms with Crippen molar-refractivity contribution in [2.75, 3.05) is 5.32 Å². The molecular formula is C21H20F3N5O4. The number of nitrogens with zero attached hydrogens (tertiary/aromatic N) is 3. The zero-order chi connectivity index (χ0) is 23.4. The molecule has 4 rings (SSSR count). The van der Waals surface area contributed by atoms with Gasteiger partial charge in [0.2, 0.25) is 11.8 Å². The Morgan fingerprint density at radius 2 is 1.82 bits per heavy atom. The van der Waals surface area contributed by atoms with E-state index in [9.17, 15) is 18.0 Å². The van der Waals surface area contributed by atoms with E-state index in [2.05, 4.69) is 25.2 Å². The second-order valence-corrected chi connectivity index (χ2v) is 7.44. The SMILES string of the molecule is NC(=O)c1cccnc1OC1CCC(Nc2nnc(-c3ccc(OC(F)(F)F)cc3)o2)CC1. The molecule has 12 heteroatoms. The molecule has 2 heterocycles. The Morgan fingerprint density at radius 1 is 1.09 bits per heavy atom. The highest BCUT2D eigenvalue weighted by atomic mass is 19.4. The number of carbonyl (C=O) groups is 1. The summed E-state index contributed by atoms with van der Waals surface area (Å²) in [5, 5.41) is 11.1. The molecule has 3 aromatic rings. The standard InChI is InChI=1S/C21H20F3N5O4/c22-21(23,24)33-15-7-3-12(4-8-15)18-28-29-20(32-18)27-13-5-9-14(10-6-13)31-19-16(17(25)30)2-1-11-26-19/h1-4,7-8,11,13-14H,5-6,9-10H2,(H2,25,30)(H,27,29). The molecule has 0 saturated heterocycles. The average Bonchev–Trinajstić information content (AvgIpc) is 3.23. The van der Waals surface area contributed by atoms with Crippen molar-refractivity contribution >= 4 is 11.9 Å². The van der Waals surface area contributed by atoms with Crippen molar-refractivity contribution in [3.63, 3.8) is 0 Å². The van der Waals surface area contributed by atoms with E-state index < -0.39 is 12.3 Å². The number of carbonyl (C=O) groups excluding carboxylic acids is 1. The van der Waals surface area contributed by atoms with Gasteiger partial charge in [-0.05, 0) is 62.1 Å². The molecule has 0 radical (unpaired) electrons. The number of aromatic nitrogens is 3. The first-order valence-electron chi connectivity index (χ1n) is 10.1. The van der Waals surface area contributed by atoms with Crippen molar-refractivity contribution in [3.05, 3.63) is 48.2 Å². The van der Waals surface area contributed by atoms with Gasteiger partial charge < -0.3 is 24.9 Å². The predicted molar refractivity (Wildman–Crippen MR) is 109 cm³/mol. The van der Waals surface area contributed by atoms with Crippen LogP contribution in [0, 0.1) is 0 Å². The summed E-state index contributed by atoms with van der Waals surface area (Å²) in [4.78, 5) is 15.6. The Kier molecular flexibility index (Phi) is 6.33. The van der Waals surface area contributed by atoms with Gasteiger partial charge in [0, 0.05) is 17.8 Å². The molecule has 0 bridgehead atoms. The van der Waals surface area contributed by atoms with Crippen LogP contribution < -0.4 is 20.5 Å². The minimum atomic E-state index is -4.76. The van der Waals surface area contributed by atoms with Gasteiger partial charge in [0.1, 0.15) is 17.4 Å². The van der Waals surface area contributed by atoms with Crippen molar-refractivity contribution in [3.8, 4) is 23.1 Å². The first-order valence-corrected chi connectivity index (χ1v) is 10.1. The van der Waals surface area contributed by atoms with Crippen molar-refractivity contribution in [1.82, 2.24) is 15.2 Å². The monoisotopic (exact) mass is 463 g/mol. The number of anilines is 1. The van der Waals surface area contributed by atoms with E-state index in [0.29, 0.717) is 18.4 Å². The highest BCUT2D eigenvalue weighted by Gasteiger charge is 2.31. The lowest BCUT2D eigenvalue weighted by Crippen LogP contribution is -2.32. The smallest absolute Gasteiger partial charge is 0.474 e. The minimum absolute atomic E-state index is 0.0695. The Morgan fingerprint density at radius 3 is 2.48 bits per heavy atom. The molecule has 1 amide bonds. The summed E-state index contributed by atoms with van der Waals surface area (Å²) in [7, 11) is 0. The minimum Gasteiger partial charge on any atom is -0.474 e. The van der Waals surface area contributed by atoms with E-state index in [0.717, 1.165) is 12.8 Å². The molecule has 1 aromatic carbocycles. The van der Waals surface area contributed by atoms with Crippen LogP contribution in [0.25, 0.3) is 11.5 Å². The number of hydrogen-bond acceptors (Lipinski definition) is 8. The van der Waals surface area contributed by atoms with Crippen LogP contribution >= 0.6 is 0 Å². The molecule has 0 spiro atoms. The fourth-order valence-electron chi connectivity index (χ4n) is 3.53. The third kappa shape index (κ3) is 5.90. The summed E-state index contributed by atoms with van der Waals surface area (Å²) in [5.41, 5.74) is 6.07. The topological polar surface area (TPSA) is 125 Å². The molecule has 1 aliphatic carbocycles. The second kappa shape index (κ2) is 9.35. The van der Waals surface area contributed by atoms with Gasteiger partial charge in [0.05, 0.1) is 0 Å². The quantitative estimate of drug-likeness (QED) is 0.540. The number of ether oxygens (including phenoxy) is 2. The Labute approximate surface area is 186 Å². The molecule has 33 heavy (non-hydrogen) atoms. The largest absolute Gasteiger partial charge is 0.573 e. The first kappa shape index (κ1) is 22.4. The predicted octanol–water partition coefficient (Wildman–Crippen LogP) is 3.93. The normalized spacial score (nSPS) is 18.5. The van der Waals surface area contributed by atoms with Crippen LogP contribution in [0.3, 0.4) is 0 Å². The molecule has 174 valence electrons. The van der Waals surface area contributed by atoms with Crippen LogP contribution in [-0.2, 0) is 0 Å². The van der Waals surface area contributed by atoms with E-state index in [1.165, 1.54) is 24.3 Å². The summed E-state index contributed by atoms with van der Waals surface area (Å²) >= 11 is 0. The number of rotatable bonds is 7. The maximum Gasteiger partial charge on any atom is 0.573 e. The second-order valence-electron chi connectivity index (χ2n) is 7.44. The summed E-state index contributed by atoms with van der Waals surface area (Å²) in [6, 6.07) is 8.63. The number of benzene rings is 1. The zero-order valence-electron chi connectivity index (χ0n) is 17.2. The Balaban J connectivity index is 1.30. The summed E-state index contributed by atoms with van der Waals surface area (Å²) in [6.45, 7) is 0. The van der Waals surface area contributed by atoms with Crippen LogP contribution in [0.15, 0.2) is 47.0 Å². The van der Waals surface area contributed by atoms with Gasteiger partial charge in [0.25, 0.3) is 5.91 Å². The van der Waals surface area contributed by atoms with Gasteiger partial charge in [-0.25, -0.2) is 4.98 Å². The molecular weight excluding hydrogens is 443 g/mol. The van der Waals surface area contributed by atoms with Gasteiger partial charge in [0.15, 0.2) is 0 Å². The lowest BCUT2D eigenvalue weighted by molar-refractivity contribution is -0.274. The van der Waals surface area contributed by atoms with Crippen LogP contribution in [0.1, 0.15) is 36.0 Å². The lowest BCUT2D eigenvalue weighted by Gasteiger charge is -2.28. The number of amides is 1. The summed E-state index contributed by atoms with van der Waals surface area (Å²) in [5.74, 6) is -0.531. The molecule has 0 unspecified atom stereocenters. The van der Waals surface area contributed by atoms with Crippen LogP contribution in [-0.4, -0.2) is 39.6 Å². The lowest BCUT2D eigenvalue weighted by atomic mass is 9.93. The molecule has 1 fully saturated rings. The van der Waals surface area contributed by atoms with Crippen LogP contribution in [0.4, 0.5) is 19.2 Å². The van der Waals surface area contributed by atoms with E-state index >= 15 is 0 Å². The fourth-order valence-corrected chi connectivity index (χ4v) is 3.53. The van der Waals surface area contributed by atoms with Crippen LogP contribution in [0.5, 0.6) is 11.6 Å². The average molecular weight is 463 g/mol. The molecule has 9 nitrogen and oxygen atoms in total. The van der Waals surface area contributed by atoms with Crippen molar-refractivity contribution in [2.24, 2.45) is 5.73 Å². The third-order valence-corrected chi connectivity index (χ3v) is 5.08. The molecule has 3 N–H and O–H groups in total.